The van der Waals surface area contributed by atoms with Crippen molar-refractivity contribution in [1.29, 1.82) is 0 Å². The van der Waals surface area contributed by atoms with Gasteiger partial charge in [-0.2, -0.15) is 5.10 Å². The van der Waals surface area contributed by atoms with Crippen molar-refractivity contribution in [3.63, 3.8) is 0 Å². The maximum absolute atomic E-state index is 12.2. The van der Waals surface area contributed by atoms with E-state index in [0.29, 0.717) is 28.5 Å². The molecule has 2 amide bonds. The highest BCUT2D eigenvalue weighted by Gasteiger charge is 2.41. The Morgan fingerprint density at radius 1 is 1.30 bits per heavy atom. The fourth-order valence-corrected chi connectivity index (χ4v) is 3.12. The normalized spacial score (nSPS) is 19.0. The van der Waals surface area contributed by atoms with Crippen LogP contribution in [0.4, 0.5) is 23.7 Å². The van der Waals surface area contributed by atoms with Crippen LogP contribution in [0.1, 0.15) is 18.9 Å². The van der Waals surface area contributed by atoms with Crippen LogP contribution in [-0.4, -0.2) is 23.7 Å². The lowest BCUT2D eigenvalue weighted by molar-refractivity contribution is -0.274. The molecule has 10 heteroatoms. The van der Waals surface area contributed by atoms with Gasteiger partial charge in [0.15, 0.2) is 5.60 Å². The van der Waals surface area contributed by atoms with Gasteiger partial charge in [0.2, 0.25) is 0 Å². The number of halogens is 4. The number of hydrogen-bond donors (Lipinski definition) is 2. The molecule has 0 saturated heterocycles. The minimum absolute atomic E-state index is 0.252. The molecule has 0 radical (unpaired) electrons. The van der Waals surface area contributed by atoms with E-state index in [4.69, 9.17) is 16.3 Å². The molecule has 158 valence electrons. The zero-order valence-corrected chi connectivity index (χ0v) is 16.5. The maximum Gasteiger partial charge on any atom is 0.573 e. The van der Waals surface area contributed by atoms with Gasteiger partial charge in [-0.05, 0) is 49.4 Å². The topological polar surface area (TPSA) is 72.0 Å². The number of hydrogen-bond acceptors (Lipinski definition) is 4. The number of nitrogens with one attached hydrogen (secondary N) is 2. The molecule has 0 aliphatic carbocycles. The molecule has 0 bridgehead atoms. The molecule has 1 aliphatic rings. The highest BCUT2D eigenvalue weighted by atomic mass is 35.5. The molecule has 1 atom stereocenters. The zero-order valence-electron chi connectivity index (χ0n) is 15.7. The summed E-state index contributed by atoms with van der Waals surface area (Å²) in [6.45, 7) is 5.53. The molecule has 30 heavy (non-hydrogen) atoms. The van der Waals surface area contributed by atoms with E-state index in [1.165, 1.54) is 12.1 Å². The minimum atomic E-state index is -4.79. The van der Waals surface area contributed by atoms with Crippen LogP contribution in [0.3, 0.4) is 0 Å². The van der Waals surface area contributed by atoms with Gasteiger partial charge in [-0.3, -0.25) is 0 Å². The van der Waals surface area contributed by atoms with Crippen molar-refractivity contribution in [2.45, 2.75) is 25.3 Å². The Morgan fingerprint density at radius 2 is 2.00 bits per heavy atom. The lowest BCUT2D eigenvalue weighted by Crippen LogP contribution is -2.38. The predicted molar refractivity (Wildman–Crippen MR) is 107 cm³/mol. The van der Waals surface area contributed by atoms with Crippen LogP contribution in [0.15, 0.2) is 60.2 Å². The first-order chi connectivity index (χ1) is 14.1. The third-order valence-electron chi connectivity index (χ3n) is 4.18. The Bertz CT molecular complexity index is 993. The van der Waals surface area contributed by atoms with E-state index in [0.717, 1.165) is 12.1 Å². The van der Waals surface area contributed by atoms with Crippen molar-refractivity contribution in [2.24, 2.45) is 5.10 Å². The molecule has 0 saturated carbocycles. The van der Waals surface area contributed by atoms with Gasteiger partial charge in [-0.15, -0.1) is 19.8 Å². The number of rotatable bonds is 5. The maximum atomic E-state index is 12.2. The van der Waals surface area contributed by atoms with Gasteiger partial charge < -0.3 is 14.8 Å². The number of nitrogens with zero attached hydrogens (tertiary/aromatic N) is 1. The summed E-state index contributed by atoms with van der Waals surface area (Å²) in [5.41, 5.74) is 2.87. The van der Waals surface area contributed by atoms with Gasteiger partial charge in [0.25, 0.3) is 0 Å². The van der Waals surface area contributed by atoms with Gasteiger partial charge in [-0.1, -0.05) is 17.7 Å². The Balaban J connectivity index is 1.73. The van der Waals surface area contributed by atoms with Crippen molar-refractivity contribution in [2.75, 3.05) is 5.32 Å². The van der Waals surface area contributed by atoms with Crippen LogP contribution in [0.2, 0.25) is 5.02 Å². The summed E-state index contributed by atoms with van der Waals surface area (Å²) in [6.07, 6.45) is -2.68. The number of anilines is 1. The third kappa shape index (κ3) is 5.04. The van der Waals surface area contributed by atoms with E-state index in [9.17, 15) is 18.0 Å². The number of hydrazone groups is 1. The van der Waals surface area contributed by atoms with Crippen LogP contribution in [0, 0.1) is 0 Å². The van der Waals surface area contributed by atoms with Crippen LogP contribution in [0.25, 0.3) is 0 Å². The summed E-state index contributed by atoms with van der Waals surface area (Å²) in [5, 5.41) is 7.14. The fraction of sp³-hybridized carbons (Fsp3) is 0.200. The van der Waals surface area contributed by atoms with Crippen LogP contribution in [-0.2, 0) is 0 Å². The average Bonchev–Trinajstić information content (AvgIpc) is 2.91. The molecule has 0 spiro atoms. The molecule has 6 nitrogen and oxygen atoms in total. The molecule has 3 rings (SSSR count). The SMILES string of the molecule is C=CCC1(C)Oc2ccc(Cl)cc2C1=NNC(=O)Nc1ccc(OC(F)(F)F)cc1. The quantitative estimate of drug-likeness (QED) is 0.478. The first kappa shape index (κ1) is 21.5. The second-order valence-electron chi connectivity index (χ2n) is 6.56. The number of alkyl halides is 3. The summed E-state index contributed by atoms with van der Waals surface area (Å²) >= 11 is 6.07. The highest BCUT2D eigenvalue weighted by molar-refractivity contribution is 6.31. The predicted octanol–water partition coefficient (Wildman–Crippen LogP) is 5.49. The number of ether oxygens (including phenoxy) is 2. The Labute approximate surface area is 175 Å². The average molecular weight is 440 g/mol. The first-order valence-electron chi connectivity index (χ1n) is 8.70. The molecule has 2 aromatic carbocycles. The van der Waals surface area contributed by atoms with Gasteiger partial charge >= 0.3 is 12.4 Å². The van der Waals surface area contributed by atoms with E-state index in [2.05, 4.69) is 27.2 Å². The minimum Gasteiger partial charge on any atom is -0.480 e. The molecule has 1 aliphatic heterocycles. The second-order valence-corrected chi connectivity index (χ2v) is 7.00. The van der Waals surface area contributed by atoms with Gasteiger partial charge in [0.1, 0.15) is 17.2 Å². The molecule has 0 aromatic heterocycles. The van der Waals surface area contributed by atoms with E-state index in [1.54, 1.807) is 31.2 Å². The molecular formula is C20H17ClF3N3O3. The number of carbonyl (C=O) groups is 1. The number of amides is 2. The Kier molecular flexibility index (Phi) is 5.93. The number of carbonyl (C=O) groups excluding carboxylic acids is 1. The van der Waals surface area contributed by atoms with Crippen molar-refractivity contribution in [3.05, 3.63) is 65.7 Å². The Hall–Kier alpha value is -3.20. The van der Waals surface area contributed by atoms with Crippen molar-refractivity contribution >= 4 is 29.0 Å². The summed E-state index contributed by atoms with van der Waals surface area (Å²) in [5.74, 6) is 0.176. The van der Waals surface area contributed by atoms with Crippen molar-refractivity contribution in [3.8, 4) is 11.5 Å². The summed E-state index contributed by atoms with van der Waals surface area (Å²) in [4.78, 5) is 12.2. The van der Waals surface area contributed by atoms with E-state index < -0.39 is 23.7 Å². The summed E-state index contributed by atoms with van der Waals surface area (Å²) < 4.78 is 46.4. The van der Waals surface area contributed by atoms with Gasteiger partial charge in [0.05, 0.1) is 0 Å². The monoisotopic (exact) mass is 439 g/mol. The third-order valence-corrected chi connectivity index (χ3v) is 4.42. The van der Waals surface area contributed by atoms with E-state index >= 15 is 0 Å². The summed E-state index contributed by atoms with van der Waals surface area (Å²) in [6, 6.07) is 9.09. The van der Waals surface area contributed by atoms with Gasteiger partial charge in [-0.25, -0.2) is 10.2 Å². The van der Waals surface area contributed by atoms with E-state index in [-0.39, 0.29) is 5.69 Å². The first-order valence-corrected chi connectivity index (χ1v) is 9.08. The van der Waals surface area contributed by atoms with Gasteiger partial charge in [0, 0.05) is 22.7 Å². The number of urea groups is 1. The fourth-order valence-electron chi connectivity index (χ4n) is 2.95. The molecule has 1 unspecified atom stereocenters. The number of fused-ring (bicyclic) bond motifs is 1. The molecular weight excluding hydrogens is 423 g/mol. The van der Waals surface area contributed by atoms with E-state index in [1.807, 2.05) is 0 Å². The lowest BCUT2D eigenvalue weighted by atomic mass is 9.93. The number of benzene rings is 2. The van der Waals surface area contributed by atoms with Crippen LogP contribution >= 0.6 is 11.6 Å². The standard InChI is InChI=1S/C20H17ClF3N3O3/c1-3-10-19(2)17(15-11-12(21)4-9-16(15)30-19)26-27-18(28)25-13-5-7-14(8-6-13)29-20(22,23)24/h3-9,11H,1,10H2,2H3,(H2,25,27,28). The molecule has 1 heterocycles. The lowest BCUT2D eigenvalue weighted by Gasteiger charge is -2.23. The van der Waals surface area contributed by atoms with Crippen molar-refractivity contribution in [1.82, 2.24) is 5.43 Å². The molecule has 2 aromatic rings. The summed E-state index contributed by atoms with van der Waals surface area (Å²) in [7, 11) is 0. The van der Waals surface area contributed by atoms with Crippen LogP contribution in [0.5, 0.6) is 11.5 Å². The largest absolute Gasteiger partial charge is 0.573 e. The second kappa shape index (κ2) is 8.27. The zero-order chi connectivity index (χ0) is 21.9. The van der Waals surface area contributed by atoms with Crippen LogP contribution < -0.4 is 20.2 Å². The smallest absolute Gasteiger partial charge is 0.480 e. The Morgan fingerprint density at radius 3 is 2.63 bits per heavy atom. The van der Waals surface area contributed by atoms with Crippen molar-refractivity contribution < 1.29 is 27.4 Å². The molecule has 0 fully saturated rings. The highest BCUT2D eigenvalue weighted by Crippen LogP contribution is 2.38. The molecule has 2 N–H and O–H groups in total.